The van der Waals surface area contributed by atoms with Gasteiger partial charge in [0.15, 0.2) is 0 Å². The fourth-order valence-electron chi connectivity index (χ4n) is 1.84. The quantitative estimate of drug-likeness (QED) is 0.734. The van der Waals surface area contributed by atoms with Gasteiger partial charge in [-0.2, -0.15) is 0 Å². The number of aromatic nitrogens is 1. The molecule has 1 aromatic heterocycles. The van der Waals surface area contributed by atoms with Crippen LogP contribution >= 0.6 is 0 Å². The van der Waals surface area contributed by atoms with Gasteiger partial charge >= 0.3 is 0 Å². The second kappa shape index (κ2) is 7.81. The number of nitrogens with zero attached hydrogens (tertiary/aromatic N) is 1. The van der Waals surface area contributed by atoms with E-state index < -0.39 is 0 Å². The molecule has 0 radical (unpaired) electrons. The van der Waals surface area contributed by atoms with Crippen LogP contribution in [0.4, 0.5) is 5.69 Å². The molecule has 0 saturated carbocycles. The van der Waals surface area contributed by atoms with E-state index in [0.29, 0.717) is 24.5 Å². The smallest absolute Gasteiger partial charge is 0.268 e. The van der Waals surface area contributed by atoms with Crippen LogP contribution in [-0.4, -0.2) is 43.9 Å². The van der Waals surface area contributed by atoms with Crippen LogP contribution in [0.15, 0.2) is 12.3 Å². The van der Waals surface area contributed by atoms with E-state index in [9.17, 15) is 4.79 Å². The minimum Gasteiger partial charge on any atom is -0.397 e. The molecular formula is C13H23N3O3. The van der Waals surface area contributed by atoms with Crippen molar-refractivity contribution in [2.24, 2.45) is 0 Å². The maximum absolute atomic E-state index is 12.1. The van der Waals surface area contributed by atoms with Crippen molar-refractivity contribution in [2.45, 2.75) is 26.0 Å². The Labute approximate surface area is 113 Å². The number of ether oxygens (including phenoxy) is 2. The summed E-state index contributed by atoms with van der Waals surface area (Å²) in [6.07, 6.45) is 2.57. The van der Waals surface area contributed by atoms with E-state index in [1.54, 1.807) is 26.5 Å². The molecule has 6 nitrogen and oxygen atoms in total. The van der Waals surface area contributed by atoms with E-state index in [2.05, 4.69) is 12.2 Å². The zero-order valence-corrected chi connectivity index (χ0v) is 11.8. The molecule has 0 spiro atoms. The van der Waals surface area contributed by atoms with Crippen LogP contribution in [0.3, 0.4) is 0 Å². The molecule has 0 aromatic carbocycles. The van der Waals surface area contributed by atoms with Crippen LogP contribution in [0.2, 0.25) is 0 Å². The molecule has 1 aromatic rings. The summed E-state index contributed by atoms with van der Waals surface area (Å²) in [7, 11) is 3.19. The van der Waals surface area contributed by atoms with E-state index in [4.69, 9.17) is 15.2 Å². The maximum Gasteiger partial charge on any atom is 0.268 e. The van der Waals surface area contributed by atoms with Crippen molar-refractivity contribution in [3.63, 3.8) is 0 Å². The number of nitrogens with one attached hydrogen (secondary N) is 1. The number of aryl methyl sites for hydroxylation is 1. The Kier molecular flexibility index (Phi) is 6.38. The summed E-state index contributed by atoms with van der Waals surface area (Å²) in [5.74, 6) is -0.150. The van der Waals surface area contributed by atoms with Crippen molar-refractivity contribution < 1.29 is 14.3 Å². The first kappa shape index (κ1) is 15.5. The molecular weight excluding hydrogens is 246 g/mol. The first-order valence-electron chi connectivity index (χ1n) is 6.37. The monoisotopic (exact) mass is 269 g/mol. The SMILES string of the molecule is CCCn1cc(N)cc1C(=O)NCC(COC)OC. The first-order valence-corrected chi connectivity index (χ1v) is 6.37. The number of amides is 1. The highest BCUT2D eigenvalue weighted by molar-refractivity contribution is 5.93. The number of carbonyl (C=O) groups is 1. The second-order valence-corrected chi connectivity index (χ2v) is 4.38. The lowest BCUT2D eigenvalue weighted by Crippen LogP contribution is -2.36. The Bertz CT molecular complexity index is 404. The van der Waals surface area contributed by atoms with Crippen LogP contribution in [-0.2, 0) is 16.0 Å². The lowest BCUT2D eigenvalue weighted by molar-refractivity contribution is 0.0284. The summed E-state index contributed by atoms with van der Waals surface area (Å²) in [5, 5.41) is 2.83. The van der Waals surface area contributed by atoms with Gasteiger partial charge in [-0.15, -0.1) is 0 Å². The largest absolute Gasteiger partial charge is 0.397 e. The van der Waals surface area contributed by atoms with E-state index in [0.717, 1.165) is 13.0 Å². The van der Waals surface area contributed by atoms with Crippen LogP contribution < -0.4 is 11.1 Å². The number of nitrogen functional groups attached to an aromatic ring is 1. The van der Waals surface area contributed by atoms with Crippen molar-refractivity contribution in [3.8, 4) is 0 Å². The van der Waals surface area contributed by atoms with Gasteiger partial charge in [-0.3, -0.25) is 4.79 Å². The van der Waals surface area contributed by atoms with E-state index >= 15 is 0 Å². The Morgan fingerprint density at radius 3 is 2.84 bits per heavy atom. The molecule has 1 heterocycles. The minimum absolute atomic E-state index is 0.150. The van der Waals surface area contributed by atoms with Gasteiger partial charge in [-0.25, -0.2) is 0 Å². The van der Waals surface area contributed by atoms with Crippen molar-refractivity contribution >= 4 is 11.6 Å². The van der Waals surface area contributed by atoms with Crippen LogP contribution in [0.1, 0.15) is 23.8 Å². The van der Waals surface area contributed by atoms with Crippen molar-refractivity contribution in [1.82, 2.24) is 9.88 Å². The molecule has 1 rings (SSSR count). The molecule has 0 aliphatic heterocycles. The highest BCUT2D eigenvalue weighted by Crippen LogP contribution is 2.11. The van der Waals surface area contributed by atoms with Crippen molar-refractivity contribution in [1.29, 1.82) is 0 Å². The number of anilines is 1. The van der Waals surface area contributed by atoms with E-state index in [-0.39, 0.29) is 12.0 Å². The third kappa shape index (κ3) is 4.57. The lowest BCUT2D eigenvalue weighted by Gasteiger charge is -2.15. The van der Waals surface area contributed by atoms with Gasteiger partial charge in [-0.05, 0) is 12.5 Å². The van der Waals surface area contributed by atoms with Crippen LogP contribution in [0, 0.1) is 0 Å². The van der Waals surface area contributed by atoms with Gasteiger partial charge in [0.1, 0.15) is 5.69 Å². The highest BCUT2D eigenvalue weighted by Gasteiger charge is 2.14. The van der Waals surface area contributed by atoms with Gasteiger partial charge in [-0.1, -0.05) is 6.92 Å². The third-order valence-electron chi connectivity index (χ3n) is 2.79. The summed E-state index contributed by atoms with van der Waals surface area (Å²) in [4.78, 5) is 12.1. The van der Waals surface area contributed by atoms with Crippen molar-refractivity contribution in [3.05, 3.63) is 18.0 Å². The van der Waals surface area contributed by atoms with Gasteiger partial charge in [0.2, 0.25) is 0 Å². The Morgan fingerprint density at radius 2 is 2.26 bits per heavy atom. The fraction of sp³-hybridized carbons (Fsp3) is 0.615. The average Bonchev–Trinajstić information content (AvgIpc) is 2.75. The maximum atomic E-state index is 12.1. The Morgan fingerprint density at radius 1 is 1.53 bits per heavy atom. The molecule has 0 aliphatic carbocycles. The molecule has 3 N–H and O–H groups in total. The summed E-state index contributed by atoms with van der Waals surface area (Å²) >= 11 is 0. The van der Waals surface area contributed by atoms with Gasteiger partial charge in [0, 0.05) is 33.5 Å². The third-order valence-corrected chi connectivity index (χ3v) is 2.79. The first-order chi connectivity index (χ1) is 9.12. The lowest BCUT2D eigenvalue weighted by atomic mass is 10.3. The Balaban J connectivity index is 2.62. The molecule has 1 amide bonds. The molecule has 19 heavy (non-hydrogen) atoms. The number of methoxy groups -OCH3 is 2. The predicted octanol–water partition coefficient (Wildman–Crippen LogP) is 0.871. The normalized spacial score (nSPS) is 12.4. The molecule has 0 saturated heterocycles. The summed E-state index contributed by atoms with van der Waals surface area (Å²) in [5.41, 5.74) is 6.90. The fourth-order valence-corrected chi connectivity index (χ4v) is 1.84. The highest BCUT2D eigenvalue weighted by atomic mass is 16.5. The number of hydrogen-bond donors (Lipinski definition) is 2. The van der Waals surface area contributed by atoms with E-state index in [1.807, 2.05) is 4.57 Å². The number of nitrogens with two attached hydrogens (primary N) is 1. The van der Waals surface area contributed by atoms with E-state index in [1.165, 1.54) is 0 Å². The predicted molar refractivity (Wildman–Crippen MR) is 74.1 cm³/mol. The molecule has 6 heteroatoms. The summed E-state index contributed by atoms with van der Waals surface area (Å²) in [6.45, 7) is 3.67. The number of rotatable bonds is 8. The number of carbonyl (C=O) groups excluding carboxylic acids is 1. The molecule has 0 fully saturated rings. The standard InChI is InChI=1S/C13H23N3O3/c1-4-5-16-8-10(14)6-12(16)13(17)15-7-11(19-3)9-18-2/h6,8,11H,4-5,7,9,14H2,1-3H3,(H,15,17). The van der Waals surface area contributed by atoms with Gasteiger partial charge in [0.05, 0.1) is 18.4 Å². The molecule has 1 unspecified atom stereocenters. The Hall–Kier alpha value is -1.53. The summed E-state index contributed by atoms with van der Waals surface area (Å²) in [6, 6.07) is 1.68. The second-order valence-electron chi connectivity index (χ2n) is 4.38. The van der Waals surface area contributed by atoms with Crippen LogP contribution in [0.25, 0.3) is 0 Å². The minimum atomic E-state index is -0.152. The topological polar surface area (TPSA) is 78.5 Å². The van der Waals surface area contributed by atoms with Gasteiger partial charge in [0.25, 0.3) is 5.91 Å². The van der Waals surface area contributed by atoms with Crippen molar-refractivity contribution in [2.75, 3.05) is 33.1 Å². The molecule has 0 aliphatic rings. The zero-order valence-electron chi connectivity index (χ0n) is 11.8. The molecule has 1 atom stereocenters. The molecule has 108 valence electrons. The summed E-state index contributed by atoms with van der Waals surface area (Å²) < 4.78 is 12.1. The molecule has 0 bridgehead atoms. The van der Waals surface area contributed by atoms with Crippen LogP contribution in [0.5, 0.6) is 0 Å². The number of hydrogen-bond acceptors (Lipinski definition) is 4. The zero-order chi connectivity index (χ0) is 14.3. The average molecular weight is 269 g/mol. The van der Waals surface area contributed by atoms with Gasteiger partial charge < -0.3 is 25.1 Å².